The number of nitrogens with one attached hydrogen (secondary N) is 1. The first kappa shape index (κ1) is 29.3. The lowest BCUT2D eigenvalue weighted by molar-refractivity contribution is -0.0487. The average molecular weight is 541 g/mol. The lowest BCUT2D eigenvalue weighted by Crippen LogP contribution is -2.66. The van der Waals surface area contributed by atoms with Crippen molar-refractivity contribution < 1.29 is 28.2 Å². The van der Waals surface area contributed by atoms with Crippen LogP contribution in [0.4, 0.5) is 10.6 Å². The monoisotopic (exact) mass is 540 g/mol. The van der Waals surface area contributed by atoms with E-state index < -0.39 is 39.2 Å². The number of anilines is 1. The molecule has 0 radical (unpaired) electrons. The van der Waals surface area contributed by atoms with Crippen molar-refractivity contribution in [2.24, 2.45) is 0 Å². The van der Waals surface area contributed by atoms with Crippen LogP contribution >= 0.6 is 11.6 Å². The molecule has 2 rings (SSSR count). The van der Waals surface area contributed by atoms with Gasteiger partial charge in [0.1, 0.15) is 11.0 Å². The summed E-state index contributed by atoms with van der Waals surface area (Å²) < 4.78 is 24.6. The molecule has 1 aromatic carbocycles. The van der Waals surface area contributed by atoms with E-state index in [-0.39, 0.29) is 29.5 Å². The molecule has 198 valence electrons. The summed E-state index contributed by atoms with van der Waals surface area (Å²) in [6.07, 6.45) is -1.32. The number of hydrogen-bond donors (Lipinski definition) is 3. The summed E-state index contributed by atoms with van der Waals surface area (Å²) in [5.41, 5.74) is -1.32. The van der Waals surface area contributed by atoms with Crippen molar-refractivity contribution in [1.82, 2.24) is 15.2 Å². The first-order chi connectivity index (χ1) is 16.5. The quantitative estimate of drug-likeness (QED) is 0.415. The molecule has 0 aliphatic carbocycles. The highest BCUT2D eigenvalue weighted by Gasteiger charge is 2.47. The number of carbonyl (C=O) groups excluding carboxylic acids is 1. The van der Waals surface area contributed by atoms with Gasteiger partial charge in [0.15, 0.2) is 0 Å². The van der Waals surface area contributed by atoms with E-state index in [9.17, 15) is 28.2 Å². The number of aliphatic hydroxyl groups excluding tert-OH is 1. The highest BCUT2D eigenvalue weighted by molar-refractivity contribution is 7.92. The van der Waals surface area contributed by atoms with Gasteiger partial charge in [-0.15, -0.1) is 0 Å². The van der Waals surface area contributed by atoms with Crippen LogP contribution in [0, 0.1) is 0 Å². The largest absolute Gasteiger partial charge is 0.465 e. The van der Waals surface area contributed by atoms with Crippen molar-refractivity contribution in [3.05, 3.63) is 58.7 Å². The van der Waals surface area contributed by atoms with Crippen molar-refractivity contribution in [2.75, 3.05) is 24.2 Å². The zero-order valence-corrected chi connectivity index (χ0v) is 22.8. The summed E-state index contributed by atoms with van der Waals surface area (Å²) in [5, 5.41) is 23.8. The number of aliphatic hydroxyl groups is 1. The molecular formula is C24H33ClN4O6S. The zero-order valence-electron chi connectivity index (χ0n) is 21.2. The number of halogens is 1. The maximum absolute atomic E-state index is 12.9. The number of sulfonamides is 1. The zero-order chi connectivity index (χ0) is 27.5. The van der Waals surface area contributed by atoms with Gasteiger partial charge in [-0.1, -0.05) is 41.9 Å². The number of aromatic nitrogens is 1. The molecule has 12 heteroatoms. The van der Waals surface area contributed by atoms with Crippen LogP contribution in [-0.4, -0.2) is 77.5 Å². The number of rotatable bonds is 9. The number of pyridine rings is 1. The number of carboxylic acid groups (broad SMARTS) is 1. The van der Waals surface area contributed by atoms with E-state index in [0.29, 0.717) is 0 Å². The van der Waals surface area contributed by atoms with Crippen LogP contribution in [0.5, 0.6) is 0 Å². The van der Waals surface area contributed by atoms with Crippen LogP contribution in [0.15, 0.2) is 42.5 Å². The number of hydrogen-bond acceptors (Lipinski definition) is 6. The Labute approximate surface area is 216 Å². The predicted octanol–water partition coefficient (Wildman–Crippen LogP) is 3.00. The summed E-state index contributed by atoms with van der Waals surface area (Å²) in [5.74, 6) is -0.685. The van der Waals surface area contributed by atoms with Gasteiger partial charge in [0, 0.05) is 24.7 Å². The molecule has 1 aromatic heterocycles. The number of nitrogens with zero attached hydrogens (tertiary/aromatic N) is 3. The van der Waals surface area contributed by atoms with E-state index in [0.717, 1.165) is 16.1 Å². The third-order valence-corrected chi connectivity index (χ3v) is 7.19. The minimum absolute atomic E-state index is 0.0309. The molecule has 2 atom stereocenters. The summed E-state index contributed by atoms with van der Waals surface area (Å²) in [7, 11) is -2.36. The molecule has 0 saturated carbocycles. The van der Waals surface area contributed by atoms with E-state index >= 15 is 0 Å². The molecule has 0 aliphatic rings. The van der Waals surface area contributed by atoms with Crippen molar-refractivity contribution in [1.29, 1.82) is 0 Å². The van der Waals surface area contributed by atoms with Crippen LogP contribution in [0.3, 0.4) is 0 Å². The second-order valence-corrected chi connectivity index (χ2v) is 12.2. The molecular weight excluding hydrogens is 508 g/mol. The fourth-order valence-electron chi connectivity index (χ4n) is 4.08. The molecule has 0 aliphatic heterocycles. The Hall–Kier alpha value is -2.89. The van der Waals surface area contributed by atoms with E-state index in [1.165, 1.54) is 24.1 Å². The number of carbonyl (C=O) groups is 2. The molecule has 0 spiro atoms. The Kier molecular flexibility index (Phi) is 8.98. The normalized spacial score (nSPS) is 14.4. The molecule has 36 heavy (non-hydrogen) atoms. The summed E-state index contributed by atoms with van der Waals surface area (Å²) in [6.45, 7) is 6.55. The highest BCUT2D eigenvalue weighted by Crippen LogP contribution is 2.32. The third kappa shape index (κ3) is 7.08. The highest BCUT2D eigenvalue weighted by atomic mass is 35.5. The molecule has 0 bridgehead atoms. The third-order valence-electron chi connectivity index (χ3n) is 5.81. The van der Waals surface area contributed by atoms with Crippen molar-refractivity contribution in [3.8, 4) is 0 Å². The fraction of sp³-hybridized carbons (Fsp3) is 0.458. The topological polar surface area (TPSA) is 140 Å². The van der Waals surface area contributed by atoms with Crippen LogP contribution in [0.1, 0.15) is 43.6 Å². The van der Waals surface area contributed by atoms with Gasteiger partial charge < -0.3 is 15.5 Å². The maximum atomic E-state index is 12.9. The minimum atomic E-state index is -3.64. The Morgan fingerprint density at radius 2 is 1.72 bits per heavy atom. The molecule has 1 heterocycles. The first-order valence-corrected chi connectivity index (χ1v) is 13.3. The lowest BCUT2D eigenvalue weighted by atomic mass is 9.82. The predicted molar refractivity (Wildman–Crippen MR) is 139 cm³/mol. The SMILES string of the molecule is CN(c1cc(C(=O)NCC(O)[C@@](C)(Cc2ccccc2)N(C(=O)O)C(C)(C)C)cc(Cl)n1)S(C)(=O)=O. The summed E-state index contributed by atoms with van der Waals surface area (Å²) in [6, 6.07) is 11.7. The molecule has 10 nitrogen and oxygen atoms in total. The van der Waals surface area contributed by atoms with Gasteiger partial charge in [-0.3, -0.25) is 14.0 Å². The Bertz CT molecular complexity index is 1200. The van der Waals surface area contributed by atoms with Crippen LogP contribution in [-0.2, 0) is 16.4 Å². The molecule has 0 saturated heterocycles. The van der Waals surface area contributed by atoms with Gasteiger partial charge in [0.2, 0.25) is 10.0 Å². The lowest BCUT2D eigenvalue weighted by Gasteiger charge is -2.49. The Morgan fingerprint density at radius 3 is 2.22 bits per heavy atom. The van der Waals surface area contributed by atoms with Crippen molar-refractivity contribution in [3.63, 3.8) is 0 Å². The number of benzene rings is 1. The van der Waals surface area contributed by atoms with Crippen LogP contribution in [0.2, 0.25) is 5.15 Å². The maximum Gasteiger partial charge on any atom is 0.408 e. The van der Waals surface area contributed by atoms with Gasteiger partial charge in [-0.25, -0.2) is 18.2 Å². The van der Waals surface area contributed by atoms with E-state index in [2.05, 4.69) is 10.3 Å². The van der Waals surface area contributed by atoms with Crippen LogP contribution in [0.25, 0.3) is 0 Å². The summed E-state index contributed by atoms with van der Waals surface area (Å²) >= 11 is 6.01. The minimum Gasteiger partial charge on any atom is -0.465 e. The smallest absolute Gasteiger partial charge is 0.408 e. The van der Waals surface area contributed by atoms with E-state index in [1.54, 1.807) is 27.7 Å². The van der Waals surface area contributed by atoms with Gasteiger partial charge in [-0.2, -0.15) is 0 Å². The molecule has 1 unspecified atom stereocenters. The molecule has 2 aromatic rings. The van der Waals surface area contributed by atoms with Gasteiger partial charge in [0.05, 0.1) is 17.9 Å². The van der Waals surface area contributed by atoms with Crippen molar-refractivity contribution >= 4 is 39.4 Å². The van der Waals surface area contributed by atoms with E-state index in [4.69, 9.17) is 11.6 Å². The molecule has 2 amide bonds. The van der Waals surface area contributed by atoms with Gasteiger partial charge >= 0.3 is 6.09 Å². The average Bonchev–Trinajstić information content (AvgIpc) is 2.74. The van der Waals surface area contributed by atoms with Gasteiger partial charge in [-0.05, 0) is 51.8 Å². The standard InChI is InChI=1S/C24H33ClN4O6S/c1-23(2,3)29(22(32)33)24(4,14-16-10-8-7-9-11-16)18(30)15-26-21(31)17-12-19(25)27-20(13-17)28(5)36(6,34)35/h7-13,18,30H,14-15H2,1-6H3,(H,26,31)(H,32,33)/t18?,24-/m1/s1. The number of amides is 2. The molecule has 3 N–H and O–H groups in total. The van der Waals surface area contributed by atoms with E-state index in [1.807, 2.05) is 30.3 Å². The second-order valence-electron chi connectivity index (χ2n) is 9.80. The molecule has 0 fully saturated rings. The van der Waals surface area contributed by atoms with Crippen molar-refractivity contribution in [2.45, 2.75) is 51.3 Å². The first-order valence-electron chi connectivity index (χ1n) is 11.1. The van der Waals surface area contributed by atoms with Crippen LogP contribution < -0.4 is 9.62 Å². The fourth-order valence-corrected chi connectivity index (χ4v) is 4.72. The second kappa shape index (κ2) is 11.0. The van der Waals surface area contributed by atoms with Gasteiger partial charge in [0.25, 0.3) is 5.91 Å². The summed E-state index contributed by atoms with van der Waals surface area (Å²) in [4.78, 5) is 30.4. The Morgan fingerprint density at radius 1 is 1.14 bits per heavy atom. The Balaban J connectivity index is 2.35.